The van der Waals surface area contributed by atoms with Crippen LogP contribution in [0.2, 0.25) is 0 Å². The molecule has 0 aliphatic heterocycles. The van der Waals surface area contributed by atoms with Gasteiger partial charge in [0.25, 0.3) is 0 Å². The summed E-state index contributed by atoms with van der Waals surface area (Å²) in [7, 11) is 0. The van der Waals surface area contributed by atoms with Gasteiger partial charge >= 0.3 is 39.1 Å². The molecular weight excluding hydrogens is 1810 g/mol. The maximum atomic E-state index is 10.2. The Morgan fingerprint density at radius 1 is 0.0986 bits per heavy atom. The number of rotatable bonds is 112. The van der Waals surface area contributed by atoms with Crippen molar-refractivity contribution in [2.24, 2.45) is 0 Å². The number of unbranched alkanes of at least 4 members (excludes halogenated alkanes) is 98. The molecule has 0 spiro atoms. The van der Waals surface area contributed by atoms with Gasteiger partial charge in [0, 0.05) is 41.8 Å². The van der Waals surface area contributed by atoms with Crippen molar-refractivity contribution in [3.05, 3.63) is 0 Å². The van der Waals surface area contributed by atoms with Gasteiger partial charge in [-0.05, 0) is 89.9 Å². The van der Waals surface area contributed by atoms with E-state index in [-0.39, 0.29) is 84.0 Å². The minimum atomic E-state index is -0.903. The predicted octanol–water partition coefficient (Wildman–Crippen LogP) is 34.6. The summed E-state index contributed by atoms with van der Waals surface area (Å²) in [6.07, 6.45) is 139. The number of aliphatic carboxylic acids is 7. The topological polar surface area (TPSA) is 281 Å². The van der Waals surface area contributed by atoms with Gasteiger partial charge in [-0.3, -0.25) is 0 Å². The minimum absolute atomic E-state index is 0. The third-order valence-electron chi connectivity index (χ3n) is 27.9. The number of carboxylic acid groups (broad SMARTS) is 7. The molecule has 0 amide bonds. The van der Waals surface area contributed by atoms with E-state index < -0.39 is 41.8 Å². The van der Waals surface area contributed by atoms with Gasteiger partial charge in [0.1, 0.15) is 0 Å². The molecule has 16 heteroatoms. The smallest absolute Gasteiger partial charge is 0.550 e. The van der Waals surface area contributed by atoms with Crippen LogP contribution < -0.4 is 35.7 Å². The van der Waals surface area contributed by atoms with Crippen LogP contribution in [-0.4, -0.2) is 59.1 Å². The SMILES string of the molecule is CCCCCCCCCCCCCCCCCC(=O)[O-].CCCCCCCCCCCCCCCCCC(=O)[O-].CCCCCCCCCCCCCCCCCC(=O)[O-].CCCCCCCCCCCCCCCCCC(=O)[O-].CCCCCCCCCCCCCCCCCC(=O)[O-].CCCCCCCCCCCCCCCCCC(=O)[O-].CCCCCCCCCCCCCCCCCC(=O)[O-].[Al+3].[Ti+4]. The zero-order valence-corrected chi connectivity index (χ0v) is 99.2. The van der Waals surface area contributed by atoms with Crippen LogP contribution in [-0.2, 0) is 55.3 Å². The molecule has 0 unspecified atom stereocenters. The molecule has 0 aromatic carbocycles. The molecule has 0 bridgehead atoms. The quantitative estimate of drug-likeness (QED) is 0.0404. The molecule has 142 heavy (non-hydrogen) atoms. The second kappa shape index (κ2) is 154. The van der Waals surface area contributed by atoms with Crippen LogP contribution in [0.1, 0.15) is 768 Å². The van der Waals surface area contributed by atoms with Crippen LogP contribution in [0.25, 0.3) is 0 Å². The molecular formula is C126H245AlO14Ti. The van der Waals surface area contributed by atoms with E-state index in [4.69, 9.17) is 0 Å². The van der Waals surface area contributed by atoms with E-state index in [1.807, 2.05) is 0 Å². The average molecular weight is 2060 g/mol. The van der Waals surface area contributed by atoms with Crippen LogP contribution in [0.5, 0.6) is 0 Å². The number of hydrogen-bond donors (Lipinski definition) is 0. The zero-order valence-electron chi connectivity index (χ0n) is 96.5. The summed E-state index contributed by atoms with van der Waals surface area (Å²) in [4.78, 5) is 71.6. The Morgan fingerprint density at radius 2 is 0.141 bits per heavy atom. The van der Waals surface area contributed by atoms with Gasteiger partial charge < -0.3 is 69.3 Å². The molecule has 0 saturated carbocycles. The van der Waals surface area contributed by atoms with Crippen molar-refractivity contribution in [2.45, 2.75) is 768 Å². The molecule has 0 fully saturated rings. The van der Waals surface area contributed by atoms with Gasteiger partial charge in [-0.25, -0.2) is 0 Å². The van der Waals surface area contributed by atoms with E-state index in [1.165, 1.54) is 584 Å². The Hall–Kier alpha value is -2.46. The Labute approximate surface area is 911 Å². The monoisotopic (exact) mass is 2060 g/mol. The first-order valence-corrected chi connectivity index (χ1v) is 62.8. The Bertz CT molecular complexity index is 1860. The van der Waals surface area contributed by atoms with E-state index in [0.717, 1.165) is 89.9 Å². The molecule has 0 heterocycles. The second-order valence-electron chi connectivity index (χ2n) is 42.5. The number of hydrogen-bond acceptors (Lipinski definition) is 14. The van der Waals surface area contributed by atoms with E-state index in [0.29, 0.717) is 0 Å². The van der Waals surface area contributed by atoms with Crippen LogP contribution in [0, 0.1) is 0 Å². The van der Waals surface area contributed by atoms with E-state index in [9.17, 15) is 69.3 Å². The molecule has 840 valence electrons. The second-order valence-corrected chi connectivity index (χ2v) is 42.5. The largest absolute Gasteiger partial charge is 4.00 e. The number of carbonyl (C=O) groups excluding carboxylic acids is 7. The maximum absolute atomic E-state index is 10.2. The van der Waals surface area contributed by atoms with Gasteiger partial charge in [0.2, 0.25) is 0 Å². The average Bonchev–Trinajstić information content (AvgIpc) is 1.11. The summed E-state index contributed by atoms with van der Waals surface area (Å²) >= 11 is 0. The Morgan fingerprint density at radius 3 is 0.183 bits per heavy atom. The van der Waals surface area contributed by atoms with Crippen LogP contribution >= 0.6 is 0 Å². The third kappa shape index (κ3) is 189. The van der Waals surface area contributed by atoms with Crippen molar-refractivity contribution >= 4 is 59.1 Å². The fourth-order valence-corrected chi connectivity index (χ4v) is 18.5. The molecule has 0 aliphatic carbocycles. The van der Waals surface area contributed by atoms with Crippen molar-refractivity contribution in [1.29, 1.82) is 0 Å². The van der Waals surface area contributed by atoms with Gasteiger partial charge in [0.15, 0.2) is 0 Å². The molecule has 0 rings (SSSR count). The number of carboxylic acids is 7. The van der Waals surface area contributed by atoms with Gasteiger partial charge in [-0.2, -0.15) is 0 Å². The van der Waals surface area contributed by atoms with E-state index in [1.54, 1.807) is 0 Å². The fourth-order valence-electron chi connectivity index (χ4n) is 18.5. The van der Waals surface area contributed by atoms with Crippen molar-refractivity contribution in [3.8, 4) is 0 Å². The normalized spacial score (nSPS) is 10.7. The van der Waals surface area contributed by atoms with Crippen molar-refractivity contribution in [1.82, 2.24) is 0 Å². The predicted molar refractivity (Wildman–Crippen MR) is 598 cm³/mol. The molecule has 0 aliphatic rings. The Balaban J connectivity index is -0.000000207. The summed E-state index contributed by atoms with van der Waals surface area (Å²) in [5, 5.41) is 71.6. The molecule has 0 saturated heterocycles. The summed E-state index contributed by atoms with van der Waals surface area (Å²) in [5.41, 5.74) is 0. The standard InChI is InChI=1S/7C18H36O2.Al.Ti/c7*1-2-3-4-5-6-7-8-9-10-11-12-13-14-15-16-17-18(19)20;;/h7*2-17H2,1H3,(H,19,20);;/q;;;;;;;+3;+4/p-7. The first-order valence-electron chi connectivity index (χ1n) is 62.8. The summed E-state index contributed by atoms with van der Waals surface area (Å²) in [6, 6.07) is 0. The molecule has 0 aromatic rings. The molecule has 14 nitrogen and oxygen atoms in total. The van der Waals surface area contributed by atoms with Crippen molar-refractivity contribution in [3.63, 3.8) is 0 Å². The Kier molecular flexibility index (Phi) is 170. The van der Waals surface area contributed by atoms with Crippen LogP contribution in [0.3, 0.4) is 0 Å². The maximum Gasteiger partial charge on any atom is 4.00 e. The number of carbonyl (C=O) groups is 7. The van der Waals surface area contributed by atoms with E-state index in [2.05, 4.69) is 48.5 Å². The van der Waals surface area contributed by atoms with Gasteiger partial charge in [-0.15, -0.1) is 0 Å². The third-order valence-corrected chi connectivity index (χ3v) is 27.9. The van der Waals surface area contributed by atoms with Gasteiger partial charge in [0.05, 0.1) is 0 Å². The van der Waals surface area contributed by atoms with Crippen molar-refractivity contribution < 1.29 is 91.0 Å². The zero-order chi connectivity index (χ0) is 104. The first-order chi connectivity index (χ1) is 68.4. The summed E-state index contributed by atoms with van der Waals surface area (Å²) in [5.74, 6) is -6.32. The first kappa shape index (κ1) is 157. The molecule has 0 atom stereocenters. The fraction of sp³-hybridized carbons (Fsp3) is 0.944. The summed E-state index contributed by atoms with van der Waals surface area (Å²) in [6.45, 7) is 15.9. The van der Waals surface area contributed by atoms with E-state index >= 15 is 0 Å². The molecule has 0 radical (unpaired) electrons. The van der Waals surface area contributed by atoms with Crippen LogP contribution in [0.4, 0.5) is 0 Å². The van der Waals surface area contributed by atoms with Crippen molar-refractivity contribution in [2.75, 3.05) is 0 Å². The van der Waals surface area contributed by atoms with Gasteiger partial charge in [-0.1, -0.05) is 678 Å². The molecule has 0 N–H and O–H groups in total. The molecule has 0 aromatic heterocycles. The minimum Gasteiger partial charge on any atom is -0.550 e. The summed E-state index contributed by atoms with van der Waals surface area (Å²) < 4.78 is 0. The van der Waals surface area contributed by atoms with Crippen LogP contribution in [0.15, 0.2) is 0 Å².